The van der Waals surface area contributed by atoms with Crippen molar-refractivity contribution in [2.75, 3.05) is 13.1 Å². The Labute approximate surface area is 124 Å². The Kier molecular flexibility index (Phi) is 3.82. The Morgan fingerprint density at radius 3 is 2.81 bits per heavy atom. The van der Waals surface area contributed by atoms with Crippen LogP contribution in [-0.2, 0) is 13.0 Å². The molecule has 3 heterocycles. The summed E-state index contributed by atoms with van der Waals surface area (Å²) in [4.78, 5) is 2.27. The Morgan fingerprint density at radius 2 is 2.19 bits per heavy atom. The summed E-state index contributed by atoms with van der Waals surface area (Å²) in [6, 6.07) is 2.05. The number of aromatic amines is 1. The van der Waals surface area contributed by atoms with Crippen molar-refractivity contribution in [3.8, 4) is 0 Å². The van der Waals surface area contributed by atoms with Gasteiger partial charge < -0.3 is 9.63 Å². The molecule has 2 N–H and O–H groups in total. The number of aromatic nitrogens is 3. The molecular weight excluding hydrogens is 268 g/mol. The van der Waals surface area contributed by atoms with E-state index in [0.29, 0.717) is 6.54 Å². The monoisotopic (exact) mass is 290 g/mol. The molecule has 1 aliphatic rings. The summed E-state index contributed by atoms with van der Waals surface area (Å²) < 4.78 is 5.20. The van der Waals surface area contributed by atoms with E-state index in [0.717, 1.165) is 47.9 Å². The van der Waals surface area contributed by atoms with Crippen LogP contribution in [0.15, 0.2) is 10.6 Å². The van der Waals surface area contributed by atoms with Crippen molar-refractivity contribution in [3.05, 3.63) is 34.5 Å². The number of nitrogens with zero attached hydrogens (tertiary/aromatic N) is 3. The van der Waals surface area contributed by atoms with Gasteiger partial charge in [-0.3, -0.25) is 10.00 Å². The number of β-amino-alcohol motifs (C(OH)–C–C–N with tert-alkyl or cyclic N) is 1. The molecule has 6 heteroatoms. The number of likely N-dealkylation sites (tertiary alicyclic amines) is 1. The quantitative estimate of drug-likeness (QED) is 0.889. The Balaban J connectivity index is 1.63. The van der Waals surface area contributed by atoms with E-state index in [2.05, 4.69) is 20.3 Å². The first-order chi connectivity index (χ1) is 10.0. The predicted molar refractivity (Wildman–Crippen MR) is 77.8 cm³/mol. The van der Waals surface area contributed by atoms with Crippen LogP contribution < -0.4 is 0 Å². The van der Waals surface area contributed by atoms with Gasteiger partial charge in [-0.05, 0) is 33.3 Å². The highest BCUT2D eigenvalue weighted by Crippen LogP contribution is 2.24. The van der Waals surface area contributed by atoms with E-state index in [4.69, 9.17) is 4.52 Å². The van der Waals surface area contributed by atoms with Gasteiger partial charge in [-0.25, -0.2) is 0 Å². The van der Waals surface area contributed by atoms with Crippen LogP contribution in [0.3, 0.4) is 0 Å². The first-order valence-corrected chi connectivity index (χ1v) is 7.36. The lowest BCUT2D eigenvalue weighted by molar-refractivity contribution is 0.140. The van der Waals surface area contributed by atoms with Crippen molar-refractivity contribution in [2.24, 2.45) is 5.92 Å². The van der Waals surface area contributed by atoms with Crippen molar-refractivity contribution >= 4 is 0 Å². The summed E-state index contributed by atoms with van der Waals surface area (Å²) in [6.45, 7) is 8.24. The molecule has 0 radical (unpaired) electrons. The maximum absolute atomic E-state index is 10.3. The van der Waals surface area contributed by atoms with Crippen LogP contribution in [0.4, 0.5) is 0 Å². The first-order valence-electron chi connectivity index (χ1n) is 7.36. The Hall–Kier alpha value is -1.66. The first kappa shape index (κ1) is 14.3. The molecule has 0 saturated carbocycles. The van der Waals surface area contributed by atoms with Crippen molar-refractivity contribution < 1.29 is 9.63 Å². The minimum Gasteiger partial charge on any atom is -0.391 e. The molecule has 0 bridgehead atoms. The van der Waals surface area contributed by atoms with Gasteiger partial charge in [0.25, 0.3) is 0 Å². The number of hydrogen-bond donors (Lipinski definition) is 2. The molecule has 114 valence electrons. The van der Waals surface area contributed by atoms with Gasteiger partial charge in [-0.2, -0.15) is 5.10 Å². The van der Waals surface area contributed by atoms with Gasteiger partial charge in [0.1, 0.15) is 5.76 Å². The maximum atomic E-state index is 10.3. The lowest BCUT2D eigenvalue weighted by atomic mass is 10.0. The SMILES string of the molecule is Cc1cc(C[C@@H]2CN(Cc3c(C)noc3C)C[C@H]2O)n[nH]1. The summed E-state index contributed by atoms with van der Waals surface area (Å²) in [5.41, 5.74) is 4.16. The second kappa shape index (κ2) is 5.61. The lowest BCUT2D eigenvalue weighted by Gasteiger charge is -2.14. The molecule has 3 rings (SSSR count). The topological polar surface area (TPSA) is 78.2 Å². The van der Waals surface area contributed by atoms with Crippen LogP contribution in [0.5, 0.6) is 0 Å². The molecule has 0 amide bonds. The zero-order chi connectivity index (χ0) is 15.0. The average molecular weight is 290 g/mol. The molecule has 0 unspecified atom stereocenters. The molecule has 0 aliphatic carbocycles. The van der Waals surface area contributed by atoms with Crippen LogP contribution in [0.1, 0.15) is 28.4 Å². The third-order valence-corrected chi connectivity index (χ3v) is 4.28. The van der Waals surface area contributed by atoms with Crippen LogP contribution in [-0.4, -0.2) is 44.6 Å². The molecule has 21 heavy (non-hydrogen) atoms. The largest absolute Gasteiger partial charge is 0.391 e. The van der Waals surface area contributed by atoms with E-state index in [-0.39, 0.29) is 12.0 Å². The van der Waals surface area contributed by atoms with Gasteiger partial charge in [0.05, 0.1) is 17.5 Å². The van der Waals surface area contributed by atoms with E-state index in [1.165, 1.54) is 0 Å². The van der Waals surface area contributed by atoms with E-state index in [9.17, 15) is 5.11 Å². The number of rotatable bonds is 4. The third kappa shape index (κ3) is 3.01. The summed E-state index contributed by atoms with van der Waals surface area (Å²) >= 11 is 0. The van der Waals surface area contributed by atoms with Crippen molar-refractivity contribution in [2.45, 2.75) is 39.8 Å². The van der Waals surface area contributed by atoms with Crippen molar-refractivity contribution in [3.63, 3.8) is 0 Å². The molecule has 2 atom stereocenters. The number of H-pyrrole nitrogens is 1. The highest BCUT2D eigenvalue weighted by molar-refractivity contribution is 5.21. The minimum atomic E-state index is -0.303. The van der Waals surface area contributed by atoms with Gasteiger partial charge in [0.2, 0.25) is 0 Å². The summed E-state index contributed by atoms with van der Waals surface area (Å²) in [5.74, 6) is 1.10. The van der Waals surface area contributed by atoms with Crippen LogP contribution in [0.2, 0.25) is 0 Å². The van der Waals surface area contributed by atoms with Gasteiger partial charge in [-0.1, -0.05) is 5.16 Å². The van der Waals surface area contributed by atoms with Crippen LogP contribution in [0.25, 0.3) is 0 Å². The van der Waals surface area contributed by atoms with Crippen LogP contribution >= 0.6 is 0 Å². The number of nitrogens with one attached hydrogen (secondary N) is 1. The third-order valence-electron chi connectivity index (χ3n) is 4.28. The van der Waals surface area contributed by atoms with E-state index in [1.54, 1.807) is 0 Å². The number of aryl methyl sites for hydroxylation is 3. The van der Waals surface area contributed by atoms with Crippen molar-refractivity contribution in [1.29, 1.82) is 0 Å². The van der Waals surface area contributed by atoms with Crippen molar-refractivity contribution in [1.82, 2.24) is 20.3 Å². The van der Waals surface area contributed by atoms with Crippen LogP contribution in [0, 0.1) is 26.7 Å². The van der Waals surface area contributed by atoms with E-state index < -0.39 is 0 Å². The highest BCUT2D eigenvalue weighted by Gasteiger charge is 2.32. The van der Waals surface area contributed by atoms with Gasteiger partial charge >= 0.3 is 0 Å². The molecule has 6 nitrogen and oxygen atoms in total. The molecule has 1 aliphatic heterocycles. The fraction of sp³-hybridized carbons (Fsp3) is 0.600. The van der Waals surface area contributed by atoms with E-state index >= 15 is 0 Å². The standard InChI is InChI=1S/C15H22N4O2/c1-9-4-13(17-16-9)5-12-6-19(8-15(12)20)7-14-10(2)18-21-11(14)3/h4,12,15,20H,5-8H2,1-3H3,(H,16,17)/t12-,15-/m1/s1. The average Bonchev–Trinajstić information content (AvgIpc) is 3.08. The summed E-state index contributed by atoms with van der Waals surface area (Å²) in [7, 11) is 0. The molecule has 1 saturated heterocycles. The molecule has 2 aromatic heterocycles. The second-order valence-corrected chi connectivity index (χ2v) is 6.07. The molecule has 0 spiro atoms. The highest BCUT2D eigenvalue weighted by atomic mass is 16.5. The Morgan fingerprint density at radius 1 is 1.38 bits per heavy atom. The normalized spacial score (nSPS) is 23.0. The van der Waals surface area contributed by atoms with E-state index in [1.807, 2.05) is 26.8 Å². The molecular formula is C15H22N4O2. The number of aliphatic hydroxyl groups excluding tert-OH is 1. The minimum absolute atomic E-state index is 0.230. The number of aliphatic hydroxyl groups is 1. The predicted octanol–water partition coefficient (Wildman–Crippen LogP) is 1.36. The molecule has 0 aromatic carbocycles. The lowest BCUT2D eigenvalue weighted by Crippen LogP contribution is -2.22. The summed E-state index contributed by atoms with van der Waals surface area (Å²) in [6.07, 6.45) is 0.506. The van der Waals surface area contributed by atoms with Gasteiger partial charge in [-0.15, -0.1) is 0 Å². The molecule has 2 aromatic rings. The second-order valence-electron chi connectivity index (χ2n) is 6.07. The fourth-order valence-electron chi connectivity index (χ4n) is 3.07. The van der Waals surface area contributed by atoms with Gasteiger partial charge in [0, 0.05) is 36.8 Å². The number of hydrogen-bond acceptors (Lipinski definition) is 5. The zero-order valence-electron chi connectivity index (χ0n) is 12.8. The van der Waals surface area contributed by atoms with Gasteiger partial charge in [0.15, 0.2) is 0 Å². The fourth-order valence-corrected chi connectivity index (χ4v) is 3.07. The summed E-state index contributed by atoms with van der Waals surface area (Å²) in [5, 5.41) is 21.5. The maximum Gasteiger partial charge on any atom is 0.138 e. The zero-order valence-corrected chi connectivity index (χ0v) is 12.8. The smallest absolute Gasteiger partial charge is 0.138 e. The Bertz CT molecular complexity index is 599. The molecule has 1 fully saturated rings.